The molecule has 4 heteroatoms. The van der Waals surface area contributed by atoms with E-state index in [0.29, 0.717) is 0 Å². The summed E-state index contributed by atoms with van der Waals surface area (Å²) in [6.45, 7) is 1.74. The second-order valence-corrected chi connectivity index (χ2v) is 6.50. The first kappa shape index (κ1) is 18.0. The molecule has 0 saturated heterocycles. The van der Waals surface area contributed by atoms with Crippen molar-refractivity contribution >= 4 is 16.8 Å². The second kappa shape index (κ2) is 8.02. The summed E-state index contributed by atoms with van der Waals surface area (Å²) >= 11 is 0. The average molecular weight is 348 g/mol. The van der Waals surface area contributed by atoms with Crippen LogP contribution in [-0.4, -0.2) is 35.7 Å². The maximum absolute atomic E-state index is 12.7. The molecule has 2 atom stereocenters. The van der Waals surface area contributed by atoms with Crippen molar-refractivity contribution in [3.05, 3.63) is 83.9 Å². The van der Waals surface area contributed by atoms with Crippen molar-refractivity contribution in [1.82, 2.24) is 10.2 Å². The van der Waals surface area contributed by atoms with Gasteiger partial charge in [-0.1, -0.05) is 72.8 Å². The van der Waals surface area contributed by atoms with Crippen molar-refractivity contribution in [2.45, 2.75) is 19.0 Å². The third-order valence-corrected chi connectivity index (χ3v) is 4.78. The Labute approximate surface area is 154 Å². The summed E-state index contributed by atoms with van der Waals surface area (Å²) in [5, 5.41) is 14.7. The van der Waals surface area contributed by atoms with Crippen LogP contribution in [0.2, 0.25) is 0 Å². The molecule has 0 radical (unpaired) electrons. The number of hydrogen-bond acceptors (Lipinski definition) is 2. The molecule has 134 valence electrons. The van der Waals surface area contributed by atoms with Gasteiger partial charge in [0.1, 0.15) is 0 Å². The van der Waals surface area contributed by atoms with Crippen molar-refractivity contribution in [3.8, 4) is 0 Å². The number of urea groups is 1. The van der Waals surface area contributed by atoms with Crippen molar-refractivity contribution < 1.29 is 9.90 Å². The zero-order valence-corrected chi connectivity index (χ0v) is 15.1. The Morgan fingerprint density at radius 2 is 1.65 bits per heavy atom. The number of hydrogen-bond donors (Lipinski definition) is 2. The van der Waals surface area contributed by atoms with Crippen LogP contribution in [0.15, 0.2) is 72.8 Å². The van der Waals surface area contributed by atoms with E-state index in [0.717, 1.165) is 21.9 Å². The fourth-order valence-corrected chi connectivity index (χ4v) is 3.04. The van der Waals surface area contributed by atoms with E-state index in [9.17, 15) is 9.90 Å². The van der Waals surface area contributed by atoms with Crippen LogP contribution in [0, 0.1) is 0 Å². The summed E-state index contributed by atoms with van der Waals surface area (Å²) in [5.41, 5.74) is 2.06. The molecule has 0 aliphatic carbocycles. The smallest absolute Gasteiger partial charge is 0.318 e. The van der Waals surface area contributed by atoms with Crippen LogP contribution in [-0.2, 0) is 0 Å². The number of likely N-dealkylation sites (N-methyl/N-ethyl adjacent to an activating group) is 1. The summed E-state index contributed by atoms with van der Waals surface area (Å²) in [7, 11) is 1.70. The Kier molecular flexibility index (Phi) is 5.54. The molecule has 2 N–H and O–H groups in total. The fourth-order valence-electron chi connectivity index (χ4n) is 3.04. The first-order valence-corrected chi connectivity index (χ1v) is 8.78. The van der Waals surface area contributed by atoms with E-state index in [1.165, 1.54) is 4.90 Å². The van der Waals surface area contributed by atoms with Crippen LogP contribution in [0.5, 0.6) is 0 Å². The molecule has 0 spiro atoms. The maximum Gasteiger partial charge on any atom is 0.318 e. The number of nitrogens with one attached hydrogen (secondary N) is 1. The lowest BCUT2D eigenvalue weighted by Crippen LogP contribution is -2.45. The molecule has 0 aliphatic rings. The second-order valence-electron chi connectivity index (χ2n) is 6.50. The SMILES string of the molecule is CC(CO)N(C)C(=O)NC(c1ccccc1)c1cccc2ccccc12. The highest BCUT2D eigenvalue weighted by molar-refractivity contribution is 5.87. The molecule has 2 amide bonds. The highest BCUT2D eigenvalue weighted by Gasteiger charge is 2.22. The molecule has 4 nitrogen and oxygen atoms in total. The molecule has 0 aliphatic heterocycles. The molecule has 0 aromatic heterocycles. The van der Waals surface area contributed by atoms with Crippen LogP contribution in [0.4, 0.5) is 4.79 Å². The number of carbonyl (C=O) groups is 1. The van der Waals surface area contributed by atoms with Crippen LogP contribution >= 0.6 is 0 Å². The quantitative estimate of drug-likeness (QED) is 0.733. The first-order chi connectivity index (χ1) is 12.6. The van der Waals surface area contributed by atoms with E-state index in [2.05, 4.69) is 29.6 Å². The van der Waals surface area contributed by atoms with Gasteiger partial charge in [0.25, 0.3) is 0 Å². The Morgan fingerprint density at radius 3 is 2.38 bits per heavy atom. The van der Waals surface area contributed by atoms with E-state index in [-0.39, 0.29) is 24.7 Å². The Bertz CT molecular complexity index is 874. The zero-order chi connectivity index (χ0) is 18.5. The summed E-state index contributed by atoms with van der Waals surface area (Å²) in [6.07, 6.45) is 0. The van der Waals surface area contributed by atoms with Gasteiger partial charge in [0, 0.05) is 7.05 Å². The van der Waals surface area contributed by atoms with Gasteiger partial charge in [-0.3, -0.25) is 0 Å². The Balaban J connectivity index is 2.03. The van der Waals surface area contributed by atoms with Crippen LogP contribution in [0.1, 0.15) is 24.1 Å². The number of carbonyl (C=O) groups excluding carboxylic acids is 1. The lowest BCUT2D eigenvalue weighted by molar-refractivity contribution is 0.156. The van der Waals surface area contributed by atoms with Gasteiger partial charge >= 0.3 is 6.03 Å². The van der Waals surface area contributed by atoms with Crippen molar-refractivity contribution in [2.75, 3.05) is 13.7 Å². The van der Waals surface area contributed by atoms with Gasteiger partial charge in [0.05, 0.1) is 18.7 Å². The minimum Gasteiger partial charge on any atom is -0.394 e. The lowest BCUT2D eigenvalue weighted by Gasteiger charge is -2.28. The minimum absolute atomic E-state index is 0.0752. The van der Waals surface area contributed by atoms with E-state index < -0.39 is 0 Å². The predicted octanol–water partition coefficient (Wildman–Crippen LogP) is 3.95. The molecule has 0 heterocycles. The van der Waals surface area contributed by atoms with Crippen molar-refractivity contribution in [1.29, 1.82) is 0 Å². The van der Waals surface area contributed by atoms with Crippen LogP contribution in [0.25, 0.3) is 10.8 Å². The third-order valence-electron chi connectivity index (χ3n) is 4.78. The summed E-state index contributed by atoms with van der Waals surface area (Å²) in [6, 6.07) is 23.5. The van der Waals surface area contributed by atoms with Gasteiger partial charge in [-0.25, -0.2) is 4.79 Å². The maximum atomic E-state index is 12.7. The zero-order valence-electron chi connectivity index (χ0n) is 15.1. The highest BCUT2D eigenvalue weighted by atomic mass is 16.3. The van der Waals surface area contributed by atoms with Gasteiger partial charge in [-0.2, -0.15) is 0 Å². The summed E-state index contributed by atoms with van der Waals surface area (Å²) < 4.78 is 0. The van der Waals surface area contributed by atoms with Gasteiger partial charge in [0.2, 0.25) is 0 Å². The number of aliphatic hydroxyl groups is 1. The van der Waals surface area contributed by atoms with Gasteiger partial charge < -0.3 is 15.3 Å². The molecular formula is C22H24N2O2. The van der Waals surface area contributed by atoms with Crippen molar-refractivity contribution in [2.24, 2.45) is 0 Å². The number of nitrogens with zero attached hydrogens (tertiary/aromatic N) is 1. The third kappa shape index (κ3) is 3.70. The number of fused-ring (bicyclic) bond motifs is 1. The van der Waals surface area contributed by atoms with Crippen LogP contribution in [0.3, 0.4) is 0 Å². The first-order valence-electron chi connectivity index (χ1n) is 8.78. The largest absolute Gasteiger partial charge is 0.394 e. The Morgan fingerprint density at radius 1 is 1.00 bits per heavy atom. The minimum atomic E-state index is -0.275. The highest BCUT2D eigenvalue weighted by Crippen LogP contribution is 2.29. The number of benzene rings is 3. The molecule has 3 rings (SSSR count). The molecule has 0 saturated carbocycles. The predicted molar refractivity (Wildman–Crippen MR) is 105 cm³/mol. The monoisotopic (exact) mass is 348 g/mol. The molecule has 0 bridgehead atoms. The molecule has 26 heavy (non-hydrogen) atoms. The van der Waals surface area contributed by atoms with Gasteiger partial charge in [-0.15, -0.1) is 0 Å². The molecular weight excluding hydrogens is 324 g/mol. The van der Waals surface area contributed by atoms with E-state index in [4.69, 9.17) is 0 Å². The van der Waals surface area contributed by atoms with E-state index in [1.807, 2.05) is 55.5 Å². The Hall–Kier alpha value is -2.85. The van der Waals surface area contributed by atoms with Gasteiger partial charge in [-0.05, 0) is 28.8 Å². The van der Waals surface area contributed by atoms with E-state index in [1.54, 1.807) is 7.05 Å². The number of rotatable bonds is 5. The van der Waals surface area contributed by atoms with Crippen LogP contribution < -0.4 is 5.32 Å². The standard InChI is InChI=1S/C22H24N2O2/c1-16(15-25)24(2)22(26)23-21(18-10-4-3-5-11-18)20-14-8-12-17-9-6-7-13-19(17)20/h3-14,16,21,25H,15H2,1-2H3,(H,23,26). The summed E-state index contributed by atoms with van der Waals surface area (Å²) in [5.74, 6) is 0. The topological polar surface area (TPSA) is 52.6 Å². The van der Waals surface area contributed by atoms with Crippen molar-refractivity contribution in [3.63, 3.8) is 0 Å². The number of amides is 2. The average Bonchev–Trinajstić information content (AvgIpc) is 2.71. The fraction of sp³-hybridized carbons (Fsp3) is 0.227. The lowest BCUT2D eigenvalue weighted by atomic mass is 9.94. The molecule has 0 fully saturated rings. The molecule has 2 unspecified atom stereocenters. The summed E-state index contributed by atoms with van der Waals surface area (Å²) in [4.78, 5) is 14.3. The molecule has 3 aromatic rings. The normalized spacial score (nSPS) is 13.2. The number of aliphatic hydroxyl groups excluding tert-OH is 1. The van der Waals surface area contributed by atoms with E-state index >= 15 is 0 Å². The van der Waals surface area contributed by atoms with Gasteiger partial charge in [0.15, 0.2) is 0 Å². The molecule has 3 aromatic carbocycles.